The van der Waals surface area contributed by atoms with Crippen LogP contribution >= 0.6 is 0 Å². The van der Waals surface area contributed by atoms with Gasteiger partial charge in [-0.25, -0.2) is 0 Å². The van der Waals surface area contributed by atoms with Crippen molar-refractivity contribution in [3.8, 4) is 0 Å². The van der Waals surface area contributed by atoms with E-state index in [9.17, 15) is 9.59 Å². The van der Waals surface area contributed by atoms with Gasteiger partial charge in [-0.15, -0.1) is 0 Å². The molecule has 2 heterocycles. The lowest BCUT2D eigenvalue weighted by molar-refractivity contribution is 0.0730. The van der Waals surface area contributed by atoms with Gasteiger partial charge < -0.3 is 9.47 Å². The van der Waals surface area contributed by atoms with Crippen LogP contribution < -0.4 is 5.56 Å². The Balaban J connectivity index is 1.69. The van der Waals surface area contributed by atoms with E-state index in [1.165, 1.54) is 16.2 Å². The Bertz CT molecular complexity index is 737. The predicted molar refractivity (Wildman–Crippen MR) is 90.5 cm³/mol. The minimum atomic E-state index is -0.143. The molecule has 3 rings (SSSR count). The monoisotopic (exact) mass is 310 g/mol. The Kier molecular flexibility index (Phi) is 4.60. The van der Waals surface area contributed by atoms with Crippen molar-refractivity contribution in [2.24, 2.45) is 7.05 Å². The van der Waals surface area contributed by atoms with Gasteiger partial charge in [0.25, 0.3) is 11.5 Å². The minimum absolute atomic E-state index is 0.0155. The van der Waals surface area contributed by atoms with Gasteiger partial charge in [-0.3, -0.25) is 9.59 Å². The molecule has 1 saturated heterocycles. The first-order chi connectivity index (χ1) is 11.1. The molecule has 1 aromatic carbocycles. The topological polar surface area (TPSA) is 42.3 Å². The van der Waals surface area contributed by atoms with Crippen LogP contribution in [-0.2, 0) is 13.5 Å². The Hall–Kier alpha value is -2.36. The third-order valence-corrected chi connectivity index (χ3v) is 4.60. The molecule has 1 atom stereocenters. The molecule has 1 aromatic heterocycles. The molecule has 0 N–H and O–H groups in total. The Morgan fingerprint density at radius 3 is 2.74 bits per heavy atom. The fraction of sp³-hybridized carbons (Fsp3) is 0.368. The molecular weight excluding hydrogens is 288 g/mol. The third-order valence-electron chi connectivity index (χ3n) is 4.60. The molecule has 1 fully saturated rings. The number of likely N-dealkylation sites (tertiary alicyclic amines) is 1. The van der Waals surface area contributed by atoms with E-state index in [1.54, 1.807) is 19.3 Å². The number of amides is 1. The number of hydrogen-bond donors (Lipinski definition) is 0. The van der Waals surface area contributed by atoms with Crippen molar-refractivity contribution >= 4 is 5.91 Å². The summed E-state index contributed by atoms with van der Waals surface area (Å²) >= 11 is 0. The summed E-state index contributed by atoms with van der Waals surface area (Å²) in [7, 11) is 1.69. The van der Waals surface area contributed by atoms with Gasteiger partial charge in [-0.1, -0.05) is 30.3 Å². The fourth-order valence-electron chi connectivity index (χ4n) is 3.23. The number of carbonyl (C=O) groups is 1. The number of carbonyl (C=O) groups excluding carboxylic acids is 1. The Morgan fingerprint density at radius 1 is 1.22 bits per heavy atom. The zero-order valence-electron chi connectivity index (χ0n) is 13.4. The summed E-state index contributed by atoms with van der Waals surface area (Å²) in [4.78, 5) is 26.4. The highest BCUT2D eigenvalue weighted by molar-refractivity contribution is 5.94. The van der Waals surface area contributed by atoms with Gasteiger partial charge in [-0.05, 0) is 37.3 Å². The first-order valence-electron chi connectivity index (χ1n) is 8.17. The minimum Gasteiger partial charge on any atom is -0.336 e. The molecule has 0 bridgehead atoms. The number of pyridine rings is 1. The summed E-state index contributed by atoms with van der Waals surface area (Å²) in [6.45, 7) is 0.785. The fourth-order valence-corrected chi connectivity index (χ4v) is 3.23. The maximum absolute atomic E-state index is 12.7. The van der Waals surface area contributed by atoms with Crippen LogP contribution in [0, 0.1) is 0 Å². The van der Waals surface area contributed by atoms with E-state index in [4.69, 9.17) is 0 Å². The lowest BCUT2D eigenvalue weighted by atomic mass is 10.0. The van der Waals surface area contributed by atoms with Crippen LogP contribution in [0.25, 0.3) is 0 Å². The molecule has 2 aromatic rings. The van der Waals surface area contributed by atoms with Crippen LogP contribution in [0.5, 0.6) is 0 Å². The average Bonchev–Trinajstić information content (AvgIpc) is 3.04. The van der Waals surface area contributed by atoms with Gasteiger partial charge in [0.1, 0.15) is 0 Å². The van der Waals surface area contributed by atoms with Crippen molar-refractivity contribution in [2.75, 3.05) is 6.54 Å². The summed E-state index contributed by atoms with van der Waals surface area (Å²) in [5.74, 6) is -0.0155. The van der Waals surface area contributed by atoms with Crippen LogP contribution in [0.2, 0.25) is 0 Å². The molecule has 4 heteroatoms. The van der Waals surface area contributed by atoms with E-state index in [1.807, 2.05) is 23.1 Å². The summed E-state index contributed by atoms with van der Waals surface area (Å²) in [6.07, 6.45) is 5.69. The molecule has 0 spiro atoms. The molecule has 0 unspecified atom stereocenters. The van der Waals surface area contributed by atoms with Crippen LogP contribution in [0.3, 0.4) is 0 Å². The Morgan fingerprint density at radius 2 is 2.00 bits per heavy atom. The van der Waals surface area contributed by atoms with Gasteiger partial charge in [0, 0.05) is 37.5 Å². The molecule has 1 aliphatic heterocycles. The lowest BCUT2D eigenvalue weighted by Gasteiger charge is -2.25. The first-order valence-corrected chi connectivity index (χ1v) is 8.17. The second-order valence-corrected chi connectivity index (χ2v) is 6.18. The summed E-state index contributed by atoms with van der Waals surface area (Å²) in [6, 6.07) is 13.8. The predicted octanol–water partition coefficient (Wildman–Crippen LogP) is 2.62. The highest BCUT2D eigenvalue weighted by Crippen LogP contribution is 2.23. The van der Waals surface area contributed by atoms with E-state index >= 15 is 0 Å². The number of nitrogens with zero attached hydrogens (tertiary/aromatic N) is 2. The van der Waals surface area contributed by atoms with Crippen molar-refractivity contribution in [3.05, 3.63) is 70.1 Å². The largest absolute Gasteiger partial charge is 0.336 e. The summed E-state index contributed by atoms with van der Waals surface area (Å²) in [5.41, 5.74) is 1.66. The maximum Gasteiger partial charge on any atom is 0.254 e. The van der Waals surface area contributed by atoms with Gasteiger partial charge in [-0.2, -0.15) is 0 Å². The number of hydrogen-bond acceptors (Lipinski definition) is 2. The highest BCUT2D eigenvalue weighted by Gasteiger charge is 2.29. The molecule has 23 heavy (non-hydrogen) atoms. The van der Waals surface area contributed by atoms with Crippen LogP contribution in [0.15, 0.2) is 53.5 Å². The van der Waals surface area contributed by atoms with Crippen molar-refractivity contribution in [1.82, 2.24) is 9.47 Å². The quantitative estimate of drug-likeness (QED) is 0.871. The molecule has 1 amide bonds. The van der Waals surface area contributed by atoms with E-state index in [2.05, 4.69) is 12.1 Å². The molecule has 0 aliphatic carbocycles. The van der Waals surface area contributed by atoms with Gasteiger partial charge in [0.15, 0.2) is 0 Å². The average molecular weight is 310 g/mol. The number of benzene rings is 1. The zero-order valence-corrected chi connectivity index (χ0v) is 13.4. The Labute approximate surface area is 136 Å². The van der Waals surface area contributed by atoms with Crippen molar-refractivity contribution in [2.45, 2.75) is 31.7 Å². The van der Waals surface area contributed by atoms with E-state index in [0.29, 0.717) is 5.56 Å². The lowest BCUT2D eigenvalue weighted by Crippen LogP contribution is -2.36. The molecule has 0 saturated carbocycles. The third kappa shape index (κ3) is 3.52. The summed E-state index contributed by atoms with van der Waals surface area (Å²) < 4.78 is 1.48. The van der Waals surface area contributed by atoms with Crippen molar-refractivity contribution in [1.29, 1.82) is 0 Å². The number of rotatable bonds is 4. The molecule has 1 aliphatic rings. The number of aryl methyl sites for hydroxylation is 2. The first kappa shape index (κ1) is 15.5. The highest BCUT2D eigenvalue weighted by atomic mass is 16.2. The molecule has 0 radical (unpaired) electrons. The van der Waals surface area contributed by atoms with E-state index < -0.39 is 0 Å². The van der Waals surface area contributed by atoms with Crippen molar-refractivity contribution in [3.63, 3.8) is 0 Å². The second-order valence-electron chi connectivity index (χ2n) is 6.18. The standard InChI is InChI=1S/C19H22N2O2/c1-20-13-11-16(14-18(20)22)19(23)21-12-5-8-17(21)10-9-15-6-3-2-4-7-15/h2-4,6-7,11,13-14,17H,5,8-10,12H2,1H3/t17-/m1/s1. The van der Waals surface area contributed by atoms with Gasteiger partial charge in [0.05, 0.1) is 0 Å². The summed E-state index contributed by atoms with van der Waals surface area (Å²) in [5, 5.41) is 0. The van der Waals surface area contributed by atoms with Gasteiger partial charge in [0.2, 0.25) is 0 Å². The SMILES string of the molecule is Cn1ccc(C(=O)N2CCC[C@@H]2CCc2ccccc2)cc1=O. The molecular formula is C19H22N2O2. The zero-order chi connectivity index (χ0) is 16.2. The molecule has 4 nitrogen and oxygen atoms in total. The smallest absolute Gasteiger partial charge is 0.254 e. The van der Waals surface area contributed by atoms with E-state index in [0.717, 1.165) is 32.2 Å². The van der Waals surface area contributed by atoms with Crippen LogP contribution in [0.4, 0.5) is 0 Å². The normalized spacial score (nSPS) is 17.4. The second kappa shape index (κ2) is 6.82. The van der Waals surface area contributed by atoms with Crippen molar-refractivity contribution < 1.29 is 4.79 Å². The van der Waals surface area contributed by atoms with Crippen LogP contribution in [-0.4, -0.2) is 28.0 Å². The van der Waals surface area contributed by atoms with Crippen LogP contribution in [0.1, 0.15) is 35.2 Å². The molecule has 120 valence electrons. The number of aromatic nitrogens is 1. The maximum atomic E-state index is 12.7. The van der Waals surface area contributed by atoms with Gasteiger partial charge >= 0.3 is 0 Å². The van der Waals surface area contributed by atoms with E-state index in [-0.39, 0.29) is 17.5 Å².